The molecular formula is C123H132Br2F4N6O15. The largest absolute Gasteiger partial charge is 0.507 e. The van der Waals surface area contributed by atoms with Gasteiger partial charge < -0.3 is 53.4 Å². The van der Waals surface area contributed by atoms with E-state index in [1.807, 2.05) is 79.7 Å². The number of aliphatic hydroxyl groups excluding tert-OH is 1. The Balaban J connectivity index is 0.000000126. The average molecular weight is 2170 g/mol. The van der Waals surface area contributed by atoms with Gasteiger partial charge in [-0.25, -0.2) is 27.2 Å². The Morgan fingerprint density at radius 3 is 1.11 bits per heavy atom. The van der Waals surface area contributed by atoms with E-state index in [0.29, 0.717) is 66.1 Å². The summed E-state index contributed by atoms with van der Waals surface area (Å²) in [6.07, 6.45) is 10.3. The molecule has 0 amide bonds. The molecule has 23 rings (SSSR count). The molecule has 0 bridgehead atoms. The summed E-state index contributed by atoms with van der Waals surface area (Å²) >= 11 is 6.65. The predicted octanol–water partition coefficient (Wildman–Crippen LogP) is 23.4. The zero-order valence-electron chi connectivity index (χ0n) is 85.3. The highest BCUT2D eigenvalue weighted by Gasteiger charge is 2.48. The highest BCUT2D eigenvalue weighted by molar-refractivity contribution is 9.11. The number of hydrogen-bond acceptors (Lipinski definition) is 21. The number of piperidine rings is 5. The van der Waals surface area contributed by atoms with Gasteiger partial charge in [0.05, 0.1) is 73.9 Å². The lowest BCUT2D eigenvalue weighted by molar-refractivity contribution is -0.191. The van der Waals surface area contributed by atoms with Crippen LogP contribution in [-0.4, -0.2) is 191 Å². The number of hydrogen-bond donors (Lipinski definition) is 3. The number of likely N-dealkylation sites (tertiary alicyclic amines) is 4. The Morgan fingerprint density at radius 2 is 0.747 bits per heavy atom. The number of ether oxygens (including phenoxy) is 8. The number of rotatable bonds is 19. The molecule has 5 saturated heterocycles. The first-order valence-electron chi connectivity index (χ1n) is 51.6. The number of aryl methyl sites for hydroxylation is 1. The molecule has 21 nitrogen and oxygen atoms in total. The van der Waals surface area contributed by atoms with E-state index < -0.39 is 12.9 Å². The van der Waals surface area contributed by atoms with Crippen molar-refractivity contribution in [3.8, 4) is 40.2 Å². The molecule has 5 fully saturated rings. The number of aliphatic hydroxyl groups is 1. The molecule has 0 radical (unpaired) electrons. The molecule has 12 aromatic carbocycles. The summed E-state index contributed by atoms with van der Waals surface area (Å²) in [7, 11) is 2.78. The second kappa shape index (κ2) is 52.4. The van der Waals surface area contributed by atoms with Crippen LogP contribution in [0.4, 0.5) is 17.6 Å². The van der Waals surface area contributed by atoms with Crippen LogP contribution in [0.1, 0.15) is 192 Å². The van der Waals surface area contributed by atoms with Crippen molar-refractivity contribution in [1.82, 2.24) is 29.8 Å². The van der Waals surface area contributed by atoms with Gasteiger partial charge >= 0.3 is 18.1 Å². The van der Waals surface area contributed by atoms with E-state index in [1.165, 1.54) is 82.5 Å². The highest BCUT2D eigenvalue weighted by Crippen LogP contribution is 2.52. The van der Waals surface area contributed by atoms with Crippen molar-refractivity contribution in [2.24, 2.45) is 0 Å². The van der Waals surface area contributed by atoms with E-state index in [0.717, 1.165) is 250 Å². The van der Waals surface area contributed by atoms with Crippen LogP contribution in [0.25, 0.3) is 0 Å². The van der Waals surface area contributed by atoms with Crippen LogP contribution in [0.15, 0.2) is 300 Å². The first-order valence-corrected chi connectivity index (χ1v) is 53.2. The number of halogens is 6. The number of alkyl halides is 4. The number of nitrogens with zero attached hydrogens (tertiary/aromatic N) is 5. The van der Waals surface area contributed by atoms with Gasteiger partial charge in [0.15, 0.2) is 0 Å². The van der Waals surface area contributed by atoms with Gasteiger partial charge in [0, 0.05) is 117 Å². The molecule has 11 aliphatic rings. The smallest absolute Gasteiger partial charge is 0.373 e. The van der Waals surface area contributed by atoms with Crippen molar-refractivity contribution in [3.63, 3.8) is 0 Å². The highest BCUT2D eigenvalue weighted by atomic mass is 79.9. The fourth-order valence-corrected chi connectivity index (χ4v) is 22.7. The van der Waals surface area contributed by atoms with Gasteiger partial charge in [-0.1, -0.05) is 218 Å². The first-order chi connectivity index (χ1) is 72.9. The minimum atomic E-state index is -2.44. The molecular weight excluding hydrogens is 2040 g/mol. The summed E-state index contributed by atoms with van der Waals surface area (Å²) in [4.78, 5) is 63.0. The van der Waals surface area contributed by atoms with E-state index in [2.05, 4.69) is 225 Å². The van der Waals surface area contributed by atoms with E-state index >= 15 is 0 Å². The van der Waals surface area contributed by atoms with Gasteiger partial charge in [-0.2, -0.15) is 9.59 Å². The Hall–Kier alpha value is -12.6. The molecule has 150 heavy (non-hydrogen) atoms. The maximum atomic E-state index is 12.9. The summed E-state index contributed by atoms with van der Waals surface area (Å²) in [6, 6.07) is 91.3. The molecule has 11 heterocycles. The lowest BCUT2D eigenvalue weighted by Crippen LogP contribution is -2.43. The number of carbonyl (C=O) groups is 3. The number of phenolic OH excluding ortho intramolecular Hbond substituents is 1. The van der Waals surface area contributed by atoms with Crippen LogP contribution in [0.5, 0.6) is 40.2 Å². The average Bonchev–Trinajstić information content (AvgIpc) is 1.64. The van der Waals surface area contributed by atoms with Crippen molar-refractivity contribution in [1.29, 1.82) is 0 Å². The standard InChI is InChI=1S/C21H22BrNO3.C21H23NO3.C20H21F2NO.C20H23NO2.C20H21NO2.C13H15F2NO.C7H7BrO.CO2/c1-25-21(24)18-7-8-19(22)20(13-18)26-15-17-9-11-23(12-10-17)14-16-5-3-2-4-6-16;1-24-20(23)17-7-8-18-19(13-17)25-15-21(18)9-11-22(12-10-21)14-16-5-3-2-4-6-16;21-19(22)16-6-7-17-18(12-16)24-14-20(17)8-10-23(11-9-20)13-15-4-2-1-3-5-15;2*22-14-17-6-7-18-19(12-17)23-15-20(18)8-10-21(11-9-20)13-16-4-2-1-3-5-16;14-12(15)9-1-2-10-11(7-9)17-8-13(10)3-5-16-6-4-13;1-5-2-3-6(8)7(9)4-5;2-1-3/h2-9,13H,10-12,14-15H2,1H3;2-8,13H,9-12,14-15H2,1H3;1-7,12,19H,8-11,13-14H2;1-7,12,22H,8-11,13-15H2;1-7,12,14H,8-11,13,15H2;1-2,7,12,16H,3-6,8H2;2-4,9H,1H3;. The van der Waals surface area contributed by atoms with Gasteiger partial charge in [-0.05, 0) is 286 Å². The summed E-state index contributed by atoms with van der Waals surface area (Å²) in [5.41, 5.74) is 18.5. The fraction of sp³-hybridized carbons (Fsp3) is 0.366. The van der Waals surface area contributed by atoms with Crippen LogP contribution >= 0.6 is 31.9 Å². The third kappa shape index (κ3) is 28.0. The molecule has 0 aromatic heterocycles. The number of carbonyl (C=O) groups excluding carboxylic acids is 5. The molecule has 3 N–H and O–H groups in total. The number of fused-ring (bicyclic) bond motifs is 10. The third-order valence-electron chi connectivity index (χ3n) is 31.0. The number of benzene rings is 12. The molecule has 5 spiro atoms. The van der Waals surface area contributed by atoms with E-state index in [1.54, 1.807) is 30.3 Å². The van der Waals surface area contributed by atoms with E-state index in [9.17, 15) is 37.1 Å². The van der Waals surface area contributed by atoms with Crippen LogP contribution in [0.3, 0.4) is 0 Å². The molecule has 27 heteroatoms. The molecule has 0 unspecified atom stereocenters. The number of aromatic hydroxyl groups is 1. The number of esters is 2. The topological polar surface area (TPSA) is 228 Å². The zero-order chi connectivity index (χ0) is 105. The number of phenols is 1. The first kappa shape index (κ1) is 110. The minimum Gasteiger partial charge on any atom is -0.507 e. The predicted molar refractivity (Wildman–Crippen MR) is 578 cm³/mol. The van der Waals surface area contributed by atoms with Gasteiger partial charge in [-0.3, -0.25) is 29.3 Å². The maximum Gasteiger partial charge on any atom is 0.373 e. The van der Waals surface area contributed by atoms with Gasteiger partial charge in [-0.15, -0.1) is 0 Å². The Bertz CT molecular complexity index is 6530. The van der Waals surface area contributed by atoms with Crippen LogP contribution in [0, 0.1) is 6.92 Å². The quantitative estimate of drug-likeness (QED) is 0.0296. The van der Waals surface area contributed by atoms with Crippen molar-refractivity contribution in [2.45, 2.75) is 157 Å². The lowest BCUT2D eigenvalue weighted by Gasteiger charge is -2.38. The number of methoxy groups -OCH3 is 2. The summed E-state index contributed by atoms with van der Waals surface area (Å²) in [5, 5.41) is 21.7. The van der Waals surface area contributed by atoms with Crippen molar-refractivity contribution in [3.05, 3.63) is 394 Å². The molecule has 0 aliphatic carbocycles. The summed E-state index contributed by atoms with van der Waals surface area (Å²) < 4.78 is 97.2. The number of aldehydes is 1. The molecule has 12 aromatic rings. The minimum absolute atomic E-state index is 0.00315. The second-order valence-corrected chi connectivity index (χ2v) is 42.3. The van der Waals surface area contributed by atoms with Crippen molar-refractivity contribution >= 4 is 56.2 Å². The van der Waals surface area contributed by atoms with E-state index in [-0.39, 0.29) is 62.9 Å². The van der Waals surface area contributed by atoms with Gasteiger partial charge in [0.2, 0.25) is 0 Å². The summed E-state index contributed by atoms with van der Waals surface area (Å²) in [5.74, 6) is 4.32. The third-order valence-corrected chi connectivity index (χ3v) is 32.3. The molecule has 11 aliphatic heterocycles. The second-order valence-electron chi connectivity index (χ2n) is 40.6. The molecule has 786 valence electrons. The van der Waals surface area contributed by atoms with Crippen LogP contribution < -0.4 is 33.7 Å². The van der Waals surface area contributed by atoms with Gasteiger partial charge in [0.1, 0.15) is 53.1 Å². The normalized spacial score (nSPS) is 17.8. The monoisotopic (exact) mass is 2170 g/mol. The maximum absolute atomic E-state index is 12.9. The van der Waals surface area contributed by atoms with Crippen molar-refractivity contribution in [2.75, 3.05) is 132 Å². The lowest BCUT2D eigenvalue weighted by atomic mass is 9.74. The fourth-order valence-electron chi connectivity index (χ4n) is 22.1. The molecule has 0 saturated carbocycles. The van der Waals surface area contributed by atoms with Crippen LogP contribution in [0.2, 0.25) is 0 Å². The Morgan fingerprint density at radius 1 is 0.407 bits per heavy atom. The van der Waals surface area contributed by atoms with E-state index in [4.69, 9.17) is 52.6 Å². The SMILES string of the molecule is COC(=O)c1ccc(Br)c(OCC2=CCN(Cc3ccccc3)CC2)c1.COC(=O)c1ccc2c(c1)OCC21CCN(Cc2ccccc2)CC1.Cc1ccc(Br)c(O)c1.FC(F)c1ccc2c(c1)OCC21CCN(Cc2ccccc2)CC1.FC(F)c1ccc2c(c1)OCC21CCNCC1.O=C=O.O=Cc1ccc2c(c1)OCC21CCN(Cc2ccccc2)CC1.OCc1ccc2c(c1)OCC21CCN(Cc2ccccc2)CC1. The zero-order valence-corrected chi connectivity index (χ0v) is 88.5. The van der Waals surface area contributed by atoms with Gasteiger partial charge in [0.25, 0.3) is 12.9 Å². The van der Waals surface area contributed by atoms with Crippen molar-refractivity contribution < 1.29 is 89.6 Å². The Labute approximate surface area is 893 Å². The molecule has 0 atom stereocenters. The summed E-state index contributed by atoms with van der Waals surface area (Å²) in [6.45, 7) is 23.5. The van der Waals surface area contributed by atoms with Crippen LogP contribution in [-0.2, 0) is 85.5 Å². The Kier molecular flexibility index (Phi) is 38.4. The number of nitrogens with one attached hydrogen (secondary N) is 1.